The lowest BCUT2D eigenvalue weighted by atomic mass is 9.71. The van der Waals surface area contributed by atoms with Crippen molar-refractivity contribution in [2.75, 3.05) is 5.73 Å². The zero-order valence-electron chi connectivity index (χ0n) is 10.7. The van der Waals surface area contributed by atoms with Gasteiger partial charge in [-0.1, -0.05) is 12.8 Å². The van der Waals surface area contributed by atoms with Crippen LogP contribution in [0.5, 0.6) is 0 Å². The number of primary amides is 1. The van der Waals surface area contributed by atoms with Gasteiger partial charge in [0.1, 0.15) is 0 Å². The highest BCUT2D eigenvalue weighted by molar-refractivity contribution is 7.16. The second kappa shape index (κ2) is 4.24. The summed E-state index contributed by atoms with van der Waals surface area (Å²) in [4.78, 5) is 12.6. The summed E-state index contributed by atoms with van der Waals surface area (Å²) in [7, 11) is 0. The predicted molar refractivity (Wildman–Crippen MR) is 74.7 cm³/mol. The van der Waals surface area contributed by atoms with Gasteiger partial charge in [0.2, 0.25) is 0 Å². The van der Waals surface area contributed by atoms with Gasteiger partial charge in [0.05, 0.1) is 22.0 Å². The molecule has 3 rings (SSSR count). The third-order valence-electron chi connectivity index (χ3n) is 4.33. The van der Waals surface area contributed by atoms with Gasteiger partial charge in [-0.3, -0.25) is 4.79 Å². The number of fused-ring (bicyclic) bond motifs is 1. The average Bonchev–Trinajstić information content (AvgIpc) is 3.09. The number of nitriles is 1. The van der Waals surface area contributed by atoms with Gasteiger partial charge in [-0.15, -0.1) is 11.3 Å². The number of carbonyl (C=O) groups excluding carboxylic acids is 1. The maximum Gasteiger partial charge on any atom is 0.251 e. The molecule has 5 heteroatoms. The number of hydrogen-bond donors (Lipinski definition) is 2. The zero-order valence-corrected chi connectivity index (χ0v) is 11.6. The molecule has 0 bridgehead atoms. The lowest BCUT2D eigenvalue weighted by Crippen LogP contribution is -2.28. The van der Waals surface area contributed by atoms with Crippen molar-refractivity contribution in [1.82, 2.24) is 0 Å². The summed E-state index contributed by atoms with van der Waals surface area (Å²) in [6.45, 7) is 0. The Labute approximate surface area is 116 Å². The fraction of sp³-hybridized carbons (Fsp3) is 0.571. The Morgan fingerprint density at radius 1 is 1.53 bits per heavy atom. The Hall–Kier alpha value is -1.54. The zero-order chi connectivity index (χ0) is 13.6. The topological polar surface area (TPSA) is 92.9 Å². The molecular weight excluding hydrogens is 258 g/mol. The Morgan fingerprint density at radius 3 is 2.84 bits per heavy atom. The molecule has 4 N–H and O–H groups in total. The van der Waals surface area contributed by atoms with E-state index in [9.17, 15) is 10.1 Å². The number of hydrogen-bond acceptors (Lipinski definition) is 4. The first-order chi connectivity index (χ1) is 9.04. The number of rotatable bonds is 3. The molecule has 2 aliphatic rings. The summed E-state index contributed by atoms with van der Waals surface area (Å²) in [6, 6.07) is 2.54. The third kappa shape index (κ3) is 2.10. The van der Waals surface area contributed by atoms with Gasteiger partial charge in [0.15, 0.2) is 0 Å². The molecule has 1 saturated carbocycles. The first-order valence-electron chi connectivity index (χ1n) is 6.66. The molecule has 1 aromatic rings. The van der Waals surface area contributed by atoms with Gasteiger partial charge < -0.3 is 11.5 Å². The molecule has 0 spiro atoms. The molecule has 100 valence electrons. The highest BCUT2D eigenvalue weighted by atomic mass is 32.1. The van der Waals surface area contributed by atoms with Crippen LogP contribution >= 0.6 is 11.3 Å². The molecule has 4 nitrogen and oxygen atoms in total. The first kappa shape index (κ1) is 12.5. The summed E-state index contributed by atoms with van der Waals surface area (Å²) in [6.07, 6.45) is 5.82. The lowest BCUT2D eigenvalue weighted by molar-refractivity contribution is 0.1000. The van der Waals surface area contributed by atoms with Crippen LogP contribution in [0.1, 0.15) is 46.5 Å². The van der Waals surface area contributed by atoms with E-state index in [1.165, 1.54) is 24.2 Å². The van der Waals surface area contributed by atoms with Gasteiger partial charge in [0.25, 0.3) is 5.91 Å². The molecule has 1 aromatic heterocycles. The van der Waals surface area contributed by atoms with Crippen LogP contribution in [0.15, 0.2) is 0 Å². The van der Waals surface area contributed by atoms with Crippen LogP contribution in [0.3, 0.4) is 0 Å². The molecule has 0 radical (unpaired) electrons. The van der Waals surface area contributed by atoms with Crippen molar-refractivity contribution in [2.45, 2.75) is 38.5 Å². The van der Waals surface area contributed by atoms with E-state index in [1.54, 1.807) is 0 Å². The molecular formula is C14H17N3OS. The Bertz CT molecular complexity index is 582. The van der Waals surface area contributed by atoms with Crippen molar-refractivity contribution >= 4 is 22.2 Å². The minimum atomic E-state index is -0.443. The molecule has 1 fully saturated rings. The van der Waals surface area contributed by atoms with E-state index in [-0.39, 0.29) is 5.41 Å². The van der Waals surface area contributed by atoms with E-state index >= 15 is 0 Å². The molecule has 1 unspecified atom stereocenters. The standard InChI is InChI=1S/C14H17N3OS/c15-7-14(5-8-1-2-8)4-3-9-10(6-14)19-13(17)11(9)12(16)18/h8H,1-6,17H2,(H2,16,18). The van der Waals surface area contributed by atoms with Crippen molar-refractivity contribution in [3.05, 3.63) is 16.0 Å². The number of nitrogens with zero attached hydrogens (tertiary/aromatic N) is 1. The minimum Gasteiger partial charge on any atom is -0.390 e. The molecule has 0 aliphatic heterocycles. The second-order valence-corrected chi connectivity index (χ2v) is 6.96. The molecule has 19 heavy (non-hydrogen) atoms. The highest BCUT2D eigenvalue weighted by Gasteiger charge is 2.41. The SMILES string of the molecule is N#CC1(CC2CC2)CCc2c(sc(N)c2C(N)=O)C1. The van der Waals surface area contributed by atoms with E-state index in [4.69, 9.17) is 11.5 Å². The van der Waals surface area contributed by atoms with Crippen molar-refractivity contribution in [3.8, 4) is 6.07 Å². The molecule has 1 atom stereocenters. The van der Waals surface area contributed by atoms with Crippen LogP contribution in [-0.4, -0.2) is 5.91 Å². The Morgan fingerprint density at radius 2 is 2.26 bits per heavy atom. The number of nitrogens with two attached hydrogens (primary N) is 2. The van der Waals surface area contributed by atoms with E-state index in [2.05, 4.69) is 6.07 Å². The summed E-state index contributed by atoms with van der Waals surface area (Å²) in [5.41, 5.74) is 12.5. The van der Waals surface area contributed by atoms with E-state index in [1.807, 2.05) is 0 Å². The summed E-state index contributed by atoms with van der Waals surface area (Å²) >= 11 is 1.44. The lowest BCUT2D eigenvalue weighted by Gasteiger charge is -2.31. The van der Waals surface area contributed by atoms with Crippen LogP contribution < -0.4 is 11.5 Å². The number of nitrogen functional groups attached to an aromatic ring is 1. The maximum absolute atomic E-state index is 11.5. The average molecular weight is 275 g/mol. The smallest absolute Gasteiger partial charge is 0.251 e. The van der Waals surface area contributed by atoms with Gasteiger partial charge in [-0.2, -0.15) is 5.26 Å². The molecule has 2 aliphatic carbocycles. The first-order valence-corrected chi connectivity index (χ1v) is 7.47. The number of amides is 1. The van der Waals surface area contributed by atoms with Crippen LogP contribution in [-0.2, 0) is 12.8 Å². The van der Waals surface area contributed by atoms with Crippen LogP contribution in [0.25, 0.3) is 0 Å². The third-order valence-corrected chi connectivity index (χ3v) is 5.39. The van der Waals surface area contributed by atoms with E-state index in [0.29, 0.717) is 10.6 Å². The maximum atomic E-state index is 11.5. The van der Waals surface area contributed by atoms with Gasteiger partial charge in [-0.25, -0.2) is 0 Å². The molecule has 0 aromatic carbocycles. The quantitative estimate of drug-likeness (QED) is 0.885. The minimum absolute atomic E-state index is 0.250. The normalized spacial score (nSPS) is 25.6. The Balaban J connectivity index is 1.93. The van der Waals surface area contributed by atoms with E-state index in [0.717, 1.165) is 42.0 Å². The molecule has 1 amide bonds. The molecule has 1 heterocycles. The van der Waals surface area contributed by atoms with Crippen LogP contribution in [0.2, 0.25) is 0 Å². The fourth-order valence-corrected chi connectivity index (χ4v) is 4.43. The van der Waals surface area contributed by atoms with Crippen molar-refractivity contribution in [1.29, 1.82) is 5.26 Å². The van der Waals surface area contributed by atoms with Crippen molar-refractivity contribution < 1.29 is 4.79 Å². The predicted octanol–water partition coefficient (Wildman–Crippen LogP) is 2.23. The number of thiophene rings is 1. The van der Waals surface area contributed by atoms with Crippen LogP contribution in [0, 0.1) is 22.7 Å². The van der Waals surface area contributed by atoms with E-state index < -0.39 is 5.91 Å². The summed E-state index contributed by atoms with van der Waals surface area (Å²) in [5.74, 6) is 0.288. The van der Waals surface area contributed by atoms with Gasteiger partial charge in [0, 0.05) is 11.3 Å². The van der Waals surface area contributed by atoms with Crippen LogP contribution in [0.4, 0.5) is 5.00 Å². The highest BCUT2D eigenvalue weighted by Crippen LogP contribution is 2.49. The fourth-order valence-electron chi connectivity index (χ4n) is 3.16. The van der Waals surface area contributed by atoms with Crippen molar-refractivity contribution in [3.63, 3.8) is 0 Å². The summed E-state index contributed by atoms with van der Waals surface area (Å²) < 4.78 is 0. The number of carbonyl (C=O) groups is 1. The van der Waals surface area contributed by atoms with Gasteiger partial charge >= 0.3 is 0 Å². The van der Waals surface area contributed by atoms with Crippen molar-refractivity contribution in [2.24, 2.45) is 17.1 Å². The van der Waals surface area contributed by atoms with Gasteiger partial charge in [-0.05, 0) is 30.7 Å². The number of anilines is 1. The Kier molecular flexibility index (Phi) is 2.79. The largest absolute Gasteiger partial charge is 0.390 e. The molecule has 0 saturated heterocycles. The monoisotopic (exact) mass is 275 g/mol. The second-order valence-electron chi connectivity index (χ2n) is 5.82. The summed E-state index contributed by atoms with van der Waals surface area (Å²) in [5, 5.41) is 10.1.